The van der Waals surface area contributed by atoms with Crippen LogP contribution in [0, 0.1) is 0 Å². The molecule has 5 heteroatoms. The van der Waals surface area contributed by atoms with E-state index < -0.39 is 0 Å². The minimum atomic E-state index is 0.174. The van der Waals surface area contributed by atoms with E-state index in [-0.39, 0.29) is 4.83 Å². The second-order valence-corrected chi connectivity index (χ2v) is 7.31. The van der Waals surface area contributed by atoms with Gasteiger partial charge < -0.3 is 0 Å². The van der Waals surface area contributed by atoms with Gasteiger partial charge in [0.1, 0.15) is 0 Å². The van der Waals surface area contributed by atoms with Gasteiger partial charge in [0.25, 0.3) is 0 Å². The van der Waals surface area contributed by atoms with Crippen LogP contribution in [0.3, 0.4) is 0 Å². The highest BCUT2D eigenvalue weighted by Crippen LogP contribution is 2.35. The highest BCUT2D eigenvalue weighted by Gasteiger charge is 2.14. The van der Waals surface area contributed by atoms with Gasteiger partial charge in [0.05, 0.1) is 20.5 Å². The fourth-order valence-corrected chi connectivity index (χ4v) is 3.72. The van der Waals surface area contributed by atoms with Crippen LogP contribution < -0.4 is 0 Å². The summed E-state index contributed by atoms with van der Waals surface area (Å²) in [6.07, 6.45) is 3.96. The molecule has 3 aromatic rings. The van der Waals surface area contributed by atoms with Gasteiger partial charge in [-0.3, -0.25) is 0 Å². The lowest BCUT2D eigenvalue weighted by Gasteiger charge is -2.04. The summed E-state index contributed by atoms with van der Waals surface area (Å²) in [5.41, 5.74) is 3.46. The van der Waals surface area contributed by atoms with E-state index in [9.17, 15) is 0 Å². The highest BCUT2D eigenvalue weighted by atomic mass is 79.9. The molecule has 0 spiro atoms. The van der Waals surface area contributed by atoms with Crippen LogP contribution in [0.5, 0.6) is 0 Å². The fourth-order valence-electron chi connectivity index (χ4n) is 1.84. The van der Waals surface area contributed by atoms with Crippen molar-refractivity contribution in [2.24, 2.45) is 0 Å². The number of benzene rings is 1. The average molecular weight is 398 g/mol. The first kappa shape index (κ1) is 13.1. The minimum absolute atomic E-state index is 0.174. The van der Waals surface area contributed by atoms with Crippen molar-refractivity contribution >= 4 is 43.2 Å². The molecule has 0 saturated carbocycles. The maximum Gasteiger partial charge on any atom is 0.0701 e. The summed E-state index contributed by atoms with van der Waals surface area (Å²) in [7, 11) is 0. The quantitative estimate of drug-likeness (QED) is 0.556. The smallest absolute Gasteiger partial charge is 0.0701 e. The summed E-state index contributed by atoms with van der Waals surface area (Å²) in [6.45, 7) is 0. The highest BCUT2D eigenvalue weighted by molar-refractivity contribution is 9.11. The van der Waals surface area contributed by atoms with E-state index in [0.29, 0.717) is 0 Å². The lowest BCUT2D eigenvalue weighted by atomic mass is 10.1. The third-order valence-corrected chi connectivity index (χ3v) is 5.38. The summed E-state index contributed by atoms with van der Waals surface area (Å²) in [5.74, 6) is 0. The molecule has 2 nitrogen and oxygen atoms in total. The van der Waals surface area contributed by atoms with E-state index in [2.05, 4.69) is 54.6 Å². The average Bonchev–Trinajstić information content (AvgIpc) is 3.08. The number of aromatic nitrogens is 2. The van der Waals surface area contributed by atoms with Gasteiger partial charge in [-0.1, -0.05) is 34.1 Å². The van der Waals surface area contributed by atoms with Crippen molar-refractivity contribution in [2.75, 3.05) is 0 Å². The van der Waals surface area contributed by atoms with Crippen LogP contribution in [0.25, 0.3) is 5.69 Å². The van der Waals surface area contributed by atoms with Crippen molar-refractivity contribution in [1.29, 1.82) is 0 Å². The molecule has 0 N–H and O–H groups in total. The van der Waals surface area contributed by atoms with E-state index in [1.165, 1.54) is 5.56 Å². The van der Waals surface area contributed by atoms with Crippen molar-refractivity contribution in [3.8, 4) is 5.69 Å². The number of rotatable bonds is 3. The van der Waals surface area contributed by atoms with Gasteiger partial charge in [-0.2, -0.15) is 5.10 Å². The molecule has 1 aromatic carbocycles. The van der Waals surface area contributed by atoms with Gasteiger partial charge in [-0.25, -0.2) is 4.68 Å². The number of hydrogen-bond donors (Lipinski definition) is 0. The van der Waals surface area contributed by atoms with Crippen LogP contribution in [0.4, 0.5) is 0 Å². The number of nitrogens with zero attached hydrogens (tertiary/aromatic N) is 2. The SMILES string of the molecule is Brc1cc(C(Br)c2cnn(-c3ccccc3)c2)cs1. The molecule has 19 heavy (non-hydrogen) atoms. The van der Waals surface area contributed by atoms with Crippen LogP contribution in [-0.2, 0) is 0 Å². The third kappa shape index (κ3) is 2.83. The van der Waals surface area contributed by atoms with Crippen LogP contribution >= 0.6 is 43.2 Å². The number of hydrogen-bond acceptors (Lipinski definition) is 2. The summed E-state index contributed by atoms with van der Waals surface area (Å²) in [5, 5.41) is 6.56. The Morgan fingerprint density at radius 1 is 1.16 bits per heavy atom. The Kier molecular flexibility index (Phi) is 3.86. The normalized spacial score (nSPS) is 12.5. The maximum absolute atomic E-state index is 4.42. The Morgan fingerprint density at radius 3 is 2.63 bits per heavy atom. The van der Waals surface area contributed by atoms with Gasteiger partial charge >= 0.3 is 0 Å². The van der Waals surface area contributed by atoms with E-state index >= 15 is 0 Å². The summed E-state index contributed by atoms with van der Waals surface area (Å²) in [4.78, 5) is 0.174. The standard InChI is InChI=1S/C14H10Br2N2S/c15-13-6-10(9-19-13)14(16)11-7-17-18(8-11)12-4-2-1-3-5-12/h1-9,14H. The van der Waals surface area contributed by atoms with Gasteiger partial charge in [-0.05, 0) is 45.1 Å². The van der Waals surface area contributed by atoms with E-state index in [1.54, 1.807) is 11.3 Å². The van der Waals surface area contributed by atoms with E-state index in [4.69, 9.17) is 0 Å². The minimum Gasteiger partial charge on any atom is -0.241 e. The largest absolute Gasteiger partial charge is 0.241 e. The molecule has 2 aromatic heterocycles. The fraction of sp³-hybridized carbons (Fsp3) is 0.0714. The summed E-state index contributed by atoms with van der Waals surface area (Å²) in [6, 6.07) is 12.2. The van der Waals surface area contributed by atoms with Crippen molar-refractivity contribution in [1.82, 2.24) is 9.78 Å². The number of thiophene rings is 1. The Bertz CT molecular complexity index is 676. The summed E-state index contributed by atoms with van der Waals surface area (Å²) < 4.78 is 3.03. The molecule has 0 aliphatic rings. The molecular formula is C14H10Br2N2S. The van der Waals surface area contributed by atoms with Crippen molar-refractivity contribution in [3.05, 3.63) is 69.1 Å². The second kappa shape index (κ2) is 5.61. The van der Waals surface area contributed by atoms with Gasteiger partial charge in [-0.15, -0.1) is 11.3 Å². The molecule has 0 bridgehead atoms. The predicted molar refractivity (Wildman–Crippen MR) is 86.4 cm³/mol. The molecule has 1 unspecified atom stereocenters. The van der Waals surface area contributed by atoms with Crippen molar-refractivity contribution < 1.29 is 0 Å². The molecule has 0 fully saturated rings. The van der Waals surface area contributed by atoms with Crippen LogP contribution in [0.2, 0.25) is 0 Å². The number of alkyl halides is 1. The van der Waals surface area contributed by atoms with E-state index in [0.717, 1.165) is 15.0 Å². The Balaban J connectivity index is 1.89. The predicted octanol–water partition coefficient (Wildman–Crippen LogP) is 5.18. The molecule has 0 aliphatic carbocycles. The van der Waals surface area contributed by atoms with Gasteiger partial charge in [0, 0.05) is 11.8 Å². The van der Waals surface area contributed by atoms with Crippen molar-refractivity contribution in [3.63, 3.8) is 0 Å². The Hall–Kier alpha value is -0.910. The molecule has 1 atom stereocenters. The molecule has 0 aliphatic heterocycles. The Morgan fingerprint density at radius 2 is 1.95 bits per heavy atom. The number of halogens is 2. The zero-order valence-electron chi connectivity index (χ0n) is 9.83. The van der Waals surface area contributed by atoms with Crippen molar-refractivity contribution in [2.45, 2.75) is 4.83 Å². The van der Waals surface area contributed by atoms with Gasteiger partial charge in [0.15, 0.2) is 0 Å². The van der Waals surface area contributed by atoms with Crippen LogP contribution in [0.15, 0.2) is 58.0 Å². The van der Waals surface area contributed by atoms with E-state index in [1.807, 2.05) is 41.2 Å². The lowest BCUT2D eigenvalue weighted by Crippen LogP contribution is -1.93. The lowest BCUT2D eigenvalue weighted by molar-refractivity contribution is 0.880. The Labute approximate surface area is 132 Å². The first-order chi connectivity index (χ1) is 9.24. The molecule has 3 rings (SSSR count). The second-order valence-electron chi connectivity index (χ2n) is 4.10. The van der Waals surface area contributed by atoms with Crippen LogP contribution in [-0.4, -0.2) is 9.78 Å². The zero-order chi connectivity index (χ0) is 13.2. The van der Waals surface area contributed by atoms with Gasteiger partial charge in [0.2, 0.25) is 0 Å². The van der Waals surface area contributed by atoms with Crippen LogP contribution in [0.1, 0.15) is 16.0 Å². The summed E-state index contributed by atoms with van der Waals surface area (Å²) >= 11 is 8.91. The molecular weight excluding hydrogens is 388 g/mol. The monoisotopic (exact) mass is 396 g/mol. The first-order valence-corrected chi connectivity index (χ1v) is 8.31. The zero-order valence-corrected chi connectivity index (χ0v) is 13.8. The topological polar surface area (TPSA) is 17.8 Å². The molecule has 0 radical (unpaired) electrons. The molecule has 96 valence electrons. The molecule has 2 heterocycles. The maximum atomic E-state index is 4.42. The first-order valence-electron chi connectivity index (χ1n) is 5.72. The molecule has 0 amide bonds. The number of para-hydroxylation sites is 1. The third-order valence-electron chi connectivity index (χ3n) is 2.80. The molecule has 0 saturated heterocycles.